The van der Waals surface area contributed by atoms with Gasteiger partial charge in [0.25, 0.3) is 0 Å². The maximum atomic E-state index is 14.7. The van der Waals surface area contributed by atoms with E-state index in [0.29, 0.717) is 23.6 Å². The molecule has 2 saturated carbocycles. The van der Waals surface area contributed by atoms with Crippen LogP contribution in [0.2, 0.25) is 0 Å². The van der Waals surface area contributed by atoms with Crippen molar-refractivity contribution in [2.24, 2.45) is 28.9 Å². The molecule has 2 aromatic rings. The third-order valence-electron chi connectivity index (χ3n) is 11.0. The highest BCUT2D eigenvalue weighted by atomic mass is 32.2. The summed E-state index contributed by atoms with van der Waals surface area (Å²) < 4.78 is 66.4. The summed E-state index contributed by atoms with van der Waals surface area (Å²) in [7, 11) is -2.95. The summed E-state index contributed by atoms with van der Waals surface area (Å²) in [6, 6.07) is 2.54. The molecule has 0 spiro atoms. The molecule has 1 aromatic carbocycles. The molecule has 2 amide bonds. The van der Waals surface area contributed by atoms with Crippen molar-refractivity contribution < 1.29 is 41.1 Å². The molecule has 2 aliphatic heterocycles. The zero-order valence-corrected chi connectivity index (χ0v) is 28.8. The Balaban J connectivity index is 1.31. The number of benzene rings is 1. The molecule has 266 valence electrons. The van der Waals surface area contributed by atoms with Gasteiger partial charge in [0.2, 0.25) is 27.7 Å². The van der Waals surface area contributed by atoms with Gasteiger partial charge in [-0.3, -0.25) is 19.1 Å². The molecule has 49 heavy (non-hydrogen) atoms. The first-order valence-electron chi connectivity index (χ1n) is 16.9. The van der Waals surface area contributed by atoms with Crippen LogP contribution in [-0.2, 0) is 24.4 Å². The number of amides is 2. The number of Topliss-reactive ketones (excluding diaryl/α,β-unsaturated/α-hetero) is 1. The first-order valence-corrected chi connectivity index (χ1v) is 18.4. The molecular formula is C35H44F2N4O7S. The van der Waals surface area contributed by atoms with Gasteiger partial charge in [-0.2, -0.15) is 0 Å². The van der Waals surface area contributed by atoms with Crippen molar-refractivity contribution in [3.8, 4) is 11.6 Å². The van der Waals surface area contributed by atoms with Gasteiger partial charge in [-0.25, -0.2) is 22.2 Å². The van der Waals surface area contributed by atoms with E-state index in [-0.39, 0.29) is 62.1 Å². The minimum Gasteiger partial charge on any atom is -0.494 e. The Kier molecular flexibility index (Phi) is 9.50. The smallest absolute Gasteiger partial charge is 0.243 e. The highest BCUT2D eigenvalue weighted by Gasteiger charge is 2.63. The normalized spacial score (nSPS) is 32.3. The average Bonchev–Trinajstić information content (AvgIpc) is 3.97. The monoisotopic (exact) mass is 702 g/mol. The summed E-state index contributed by atoms with van der Waals surface area (Å²) in [4.78, 5) is 47.7. The quantitative estimate of drug-likeness (QED) is 0.407. The number of pyridine rings is 1. The maximum absolute atomic E-state index is 14.7. The fourth-order valence-corrected chi connectivity index (χ4v) is 8.91. The van der Waals surface area contributed by atoms with Crippen LogP contribution >= 0.6 is 0 Å². The number of rotatable bonds is 7. The molecular weight excluding hydrogens is 658 g/mol. The van der Waals surface area contributed by atoms with Crippen LogP contribution in [0.15, 0.2) is 36.5 Å². The number of nitrogens with one attached hydrogen (secondary N) is 1. The number of allylic oxidation sites excluding steroid dienone is 2. The molecule has 6 rings (SSSR count). The Bertz CT molecular complexity index is 1780. The first-order chi connectivity index (χ1) is 23.2. The molecule has 2 aliphatic carbocycles. The van der Waals surface area contributed by atoms with E-state index in [9.17, 15) is 31.6 Å². The van der Waals surface area contributed by atoms with Crippen molar-refractivity contribution in [2.45, 2.75) is 88.1 Å². The molecule has 0 bridgehead atoms. The lowest BCUT2D eigenvalue weighted by atomic mass is 9.88. The highest BCUT2D eigenvalue weighted by Crippen LogP contribution is 2.57. The van der Waals surface area contributed by atoms with E-state index >= 15 is 0 Å². The molecule has 3 heterocycles. The van der Waals surface area contributed by atoms with E-state index in [1.54, 1.807) is 6.07 Å². The SMILES string of the molecule is COc1cc2ccnc(O[C@@H]3C[C@H]4C(=O)C[C@]5(C(=O)NS(=O)(=O)C6(CF)CC6)C[C@H]5/C=C\CC[C@@H](C)C[C@@H](C)[C@H](N)C(=O)N4C3)c2cc1F. The summed E-state index contributed by atoms with van der Waals surface area (Å²) in [6.07, 6.45) is 7.00. The topological polar surface area (TPSA) is 158 Å². The van der Waals surface area contributed by atoms with Crippen molar-refractivity contribution in [2.75, 3.05) is 20.3 Å². The van der Waals surface area contributed by atoms with E-state index in [1.165, 1.54) is 30.3 Å². The molecule has 3 N–H and O–H groups in total. The van der Waals surface area contributed by atoms with Gasteiger partial charge in [0.05, 0.1) is 31.2 Å². The number of halogens is 2. The molecule has 11 nitrogen and oxygen atoms in total. The second-order valence-electron chi connectivity index (χ2n) is 14.5. The third kappa shape index (κ3) is 6.65. The standard InChI is InChI=1S/C35H44F2N4O7S/c1-20-6-4-5-7-23-16-35(23,33(44)40-49(45,46)34(19-36)9-10-34)17-28(42)27-14-24(18-41(27)32(43)30(38)21(2)12-20)48-31-25-15-26(37)29(47-3)13-22(25)8-11-39-31/h5,7-8,11,13,15,20-21,23-24,27,30H,4,6,9-10,12,14,16-19,38H2,1-3H3,(H,40,44)/b7-5-/t20-,21-,23-,24-,27+,30+,35-/m1/s1. The van der Waals surface area contributed by atoms with Crippen molar-refractivity contribution in [3.63, 3.8) is 0 Å². The van der Waals surface area contributed by atoms with Crippen molar-refractivity contribution >= 4 is 38.4 Å². The lowest BCUT2D eigenvalue weighted by molar-refractivity contribution is -0.140. The van der Waals surface area contributed by atoms with Gasteiger partial charge in [-0.1, -0.05) is 26.0 Å². The summed E-state index contributed by atoms with van der Waals surface area (Å²) in [5.74, 6) is -2.48. The Labute approximate surface area is 285 Å². The fraction of sp³-hybridized carbons (Fsp3) is 0.600. The van der Waals surface area contributed by atoms with Crippen molar-refractivity contribution in [1.82, 2.24) is 14.6 Å². The predicted octanol–water partition coefficient (Wildman–Crippen LogP) is 3.98. The van der Waals surface area contributed by atoms with Gasteiger partial charge in [0.1, 0.15) is 17.5 Å². The van der Waals surface area contributed by atoms with Crippen molar-refractivity contribution in [3.05, 3.63) is 42.4 Å². The number of fused-ring (bicyclic) bond motifs is 3. The van der Waals surface area contributed by atoms with E-state index in [2.05, 4.69) is 16.6 Å². The number of carbonyl (C=O) groups excluding carboxylic acids is 3. The largest absolute Gasteiger partial charge is 0.494 e. The maximum Gasteiger partial charge on any atom is 0.243 e. The van der Waals surface area contributed by atoms with Gasteiger partial charge in [0, 0.05) is 24.4 Å². The Morgan fingerprint density at radius 2 is 1.96 bits per heavy atom. The van der Waals surface area contributed by atoms with E-state index in [4.69, 9.17) is 15.2 Å². The number of hydrogen-bond donors (Lipinski definition) is 2. The number of methoxy groups -OCH3 is 1. The molecule has 3 fully saturated rings. The van der Waals surface area contributed by atoms with Gasteiger partial charge < -0.3 is 20.1 Å². The number of ketones is 1. The lowest BCUT2D eigenvalue weighted by Crippen LogP contribution is -2.52. The molecule has 0 radical (unpaired) electrons. The summed E-state index contributed by atoms with van der Waals surface area (Å²) >= 11 is 0. The van der Waals surface area contributed by atoms with Gasteiger partial charge in [0.15, 0.2) is 17.3 Å². The molecule has 14 heteroatoms. The van der Waals surface area contributed by atoms with E-state index < -0.39 is 74.4 Å². The summed E-state index contributed by atoms with van der Waals surface area (Å²) in [5.41, 5.74) is 5.17. The van der Waals surface area contributed by atoms with E-state index in [0.717, 1.165) is 6.42 Å². The highest BCUT2D eigenvalue weighted by molar-refractivity contribution is 7.91. The molecule has 4 aliphatic rings. The van der Waals surface area contributed by atoms with Crippen LogP contribution in [0.5, 0.6) is 11.6 Å². The number of ether oxygens (including phenoxy) is 2. The minimum atomic E-state index is -4.31. The minimum absolute atomic E-state index is 0.00214. The predicted molar refractivity (Wildman–Crippen MR) is 177 cm³/mol. The molecule has 1 saturated heterocycles. The third-order valence-corrected chi connectivity index (χ3v) is 13.1. The zero-order valence-electron chi connectivity index (χ0n) is 28.0. The molecule has 1 aromatic heterocycles. The van der Waals surface area contributed by atoms with Crippen LogP contribution in [0.3, 0.4) is 0 Å². The van der Waals surface area contributed by atoms with Crippen LogP contribution in [0.1, 0.15) is 65.2 Å². The zero-order chi connectivity index (χ0) is 35.3. The number of hydrogen-bond acceptors (Lipinski definition) is 9. The Hall–Kier alpha value is -3.65. The first kappa shape index (κ1) is 35.2. The summed E-state index contributed by atoms with van der Waals surface area (Å²) in [6.45, 7) is 2.89. The Morgan fingerprint density at radius 1 is 1.20 bits per heavy atom. The number of carbonyl (C=O) groups is 3. The number of alkyl halides is 1. The average molecular weight is 703 g/mol. The van der Waals surface area contributed by atoms with Crippen LogP contribution in [-0.4, -0.2) is 79.2 Å². The van der Waals surface area contributed by atoms with Gasteiger partial charge in [-0.05, 0) is 79.9 Å². The Morgan fingerprint density at radius 3 is 2.65 bits per heavy atom. The molecule has 7 atom stereocenters. The second-order valence-corrected chi connectivity index (χ2v) is 16.6. The van der Waals surface area contributed by atoms with Crippen LogP contribution in [0.25, 0.3) is 10.8 Å². The second kappa shape index (κ2) is 13.2. The van der Waals surface area contributed by atoms with Crippen LogP contribution < -0.4 is 19.9 Å². The number of sulfonamides is 1. The number of nitrogens with two attached hydrogens (primary N) is 1. The number of nitrogens with zero attached hydrogens (tertiary/aromatic N) is 2. The fourth-order valence-electron chi connectivity index (χ4n) is 7.47. The number of aromatic nitrogens is 1. The van der Waals surface area contributed by atoms with Gasteiger partial charge >= 0.3 is 0 Å². The van der Waals surface area contributed by atoms with E-state index in [1.807, 2.05) is 19.1 Å². The summed E-state index contributed by atoms with van der Waals surface area (Å²) in [5, 5.41) is 0.998. The molecule has 0 unspecified atom stereocenters. The van der Waals surface area contributed by atoms with Gasteiger partial charge in [-0.15, -0.1) is 0 Å². The van der Waals surface area contributed by atoms with Crippen LogP contribution in [0, 0.1) is 29.0 Å². The lowest BCUT2D eigenvalue weighted by Gasteiger charge is -2.30. The van der Waals surface area contributed by atoms with Crippen LogP contribution in [0.4, 0.5) is 8.78 Å². The van der Waals surface area contributed by atoms with Crippen molar-refractivity contribution in [1.29, 1.82) is 0 Å².